The Hall–Kier alpha value is -3.62. The Kier molecular flexibility index (Phi) is 5.45. The molecule has 1 atom stereocenters. The summed E-state index contributed by atoms with van der Waals surface area (Å²) in [6.45, 7) is 12.1. The van der Waals surface area contributed by atoms with Crippen molar-refractivity contribution >= 4 is 34.9 Å². The molecule has 35 heavy (non-hydrogen) atoms. The van der Waals surface area contributed by atoms with E-state index in [0.717, 1.165) is 60.0 Å². The number of aliphatic imine (C=N–C) groups is 1. The predicted octanol–water partition coefficient (Wildman–Crippen LogP) is 3.35. The van der Waals surface area contributed by atoms with Gasteiger partial charge in [0.1, 0.15) is 11.5 Å². The number of benzene rings is 1. The van der Waals surface area contributed by atoms with Crippen molar-refractivity contribution in [2.75, 3.05) is 30.3 Å². The van der Waals surface area contributed by atoms with Crippen LogP contribution in [0.5, 0.6) is 0 Å². The lowest BCUT2D eigenvalue weighted by Gasteiger charge is -2.31. The monoisotopic (exact) mass is 475 g/mol. The first-order valence-corrected chi connectivity index (χ1v) is 12.1. The molecule has 2 fully saturated rings. The number of hydrogen-bond donors (Lipinski definition) is 3. The van der Waals surface area contributed by atoms with E-state index in [0.29, 0.717) is 12.4 Å². The summed E-state index contributed by atoms with van der Waals surface area (Å²) >= 11 is 0. The largest absolute Gasteiger partial charge is 0.356 e. The van der Waals surface area contributed by atoms with E-state index < -0.39 is 5.41 Å². The molecule has 9 heteroatoms. The Morgan fingerprint density at radius 2 is 1.94 bits per heavy atom. The van der Waals surface area contributed by atoms with E-state index in [1.807, 2.05) is 64.0 Å². The summed E-state index contributed by atoms with van der Waals surface area (Å²) in [4.78, 5) is 31.7. The topological polar surface area (TPSA) is 101 Å². The van der Waals surface area contributed by atoms with E-state index in [2.05, 4.69) is 20.9 Å². The van der Waals surface area contributed by atoms with E-state index >= 15 is 0 Å². The standard InChI is InChI=1S/C26H33N7O2/c1-16(2)21-22(32-12-9-26(15-32)8-10-28-24(26)35)27-11-13-33(21)31-17(3)29-18-6-7-19-20(14-18)30-23(34)25(19,4)5/h6-7,11,13-14H,8-10,12,15H2,1-5H3,(H,28,35)(H,29,31)(H,30,34). The number of carbonyl (C=O) groups excluding carboxylic acids is 2. The summed E-state index contributed by atoms with van der Waals surface area (Å²) in [5.74, 6) is 1.72. The van der Waals surface area contributed by atoms with Gasteiger partial charge in [-0.3, -0.25) is 9.59 Å². The van der Waals surface area contributed by atoms with Gasteiger partial charge in [-0.1, -0.05) is 6.07 Å². The van der Waals surface area contributed by atoms with E-state index in [9.17, 15) is 9.59 Å². The van der Waals surface area contributed by atoms with Gasteiger partial charge in [-0.25, -0.2) is 10.0 Å². The Labute approximate surface area is 206 Å². The molecule has 4 aliphatic rings. The van der Waals surface area contributed by atoms with Crippen molar-refractivity contribution in [2.24, 2.45) is 15.5 Å². The second-order valence-corrected chi connectivity index (χ2v) is 10.6. The lowest BCUT2D eigenvalue weighted by molar-refractivity contribution is -0.126. The molecule has 0 radical (unpaired) electrons. The highest BCUT2D eigenvalue weighted by Gasteiger charge is 2.48. The van der Waals surface area contributed by atoms with Gasteiger partial charge < -0.3 is 20.9 Å². The van der Waals surface area contributed by atoms with Crippen molar-refractivity contribution in [1.82, 2.24) is 15.2 Å². The lowest BCUT2D eigenvalue weighted by atomic mass is 9.86. The molecular weight excluding hydrogens is 442 g/mol. The second kappa shape index (κ2) is 8.25. The van der Waals surface area contributed by atoms with Crippen LogP contribution in [0.2, 0.25) is 0 Å². The van der Waals surface area contributed by atoms with Gasteiger partial charge in [-0.15, -0.1) is 0 Å². The number of amidine groups is 2. The van der Waals surface area contributed by atoms with Crippen LogP contribution in [0.3, 0.4) is 0 Å². The molecule has 4 aliphatic heterocycles. The zero-order valence-electron chi connectivity index (χ0n) is 21.0. The van der Waals surface area contributed by atoms with Crippen LogP contribution in [-0.4, -0.2) is 53.0 Å². The number of nitrogens with one attached hydrogen (secondary N) is 3. The average molecular weight is 476 g/mol. The van der Waals surface area contributed by atoms with E-state index in [4.69, 9.17) is 10.1 Å². The summed E-state index contributed by atoms with van der Waals surface area (Å²) in [7, 11) is 0. The summed E-state index contributed by atoms with van der Waals surface area (Å²) in [6.07, 6.45) is 5.31. The minimum atomic E-state index is -0.531. The normalized spacial score (nSPS) is 25.1. The van der Waals surface area contributed by atoms with E-state index in [1.54, 1.807) is 6.20 Å². The van der Waals surface area contributed by atoms with Crippen molar-refractivity contribution in [3.63, 3.8) is 0 Å². The summed E-state index contributed by atoms with van der Waals surface area (Å²) < 4.78 is 0. The maximum atomic E-state index is 12.5. The Morgan fingerprint density at radius 1 is 1.14 bits per heavy atom. The predicted molar refractivity (Wildman–Crippen MR) is 138 cm³/mol. The molecule has 0 aliphatic carbocycles. The van der Waals surface area contributed by atoms with Crippen LogP contribution in [0, 0.1) is 5.41 Å². The highest BCUT2D eigenvalue weighted by atomic mass is 16.2. The van der Waals surface area contributed by atoms with Gasteiger partial charge in [0.2, 0.25) is 11.8 Å². The molecule has 2 saturated heterocycles. The van der Waals surface area contributed by atoms with Gasteiger partial charge in [0.15, 0.2) is 5.84 Å². The van der Waals surface area contributed by atoms with Crippen LogP contribution in [0.1, 0.15) is 53.0 Å². The molecule has 0 saturated carbocycles. The van der Waals surface area contributed by atoms with E-state index in [1.165, 1.54) is 0 Å². The minimum absolute atomic E-state index is 0.00675. The van der Waals surface area contributed by atoms with Gasteiger partial charge in [-0.2, -0.15) is 5.10 Å². The molecule has 0 aromatic heterocycles. The number of anilines is 2. The number of rotatable bonds is 2. The Morgan fingerprint density at radius 3 is 2.66 bits per heavy atom. The minimum Gasteiger partial charge on any atom is -0.356 e. The number of nitrogens with zero attached hydrogens (tertiary/aromatic N) is 4. The van der Waals surface area contributed by atoms with Gasteiger partial charge in [-0.05, 0) is 70.7 Å². The first-order chi connectivity index (χ1) is 16.6. The number of likely N-dealkylation sites (tertiary alicyclic amines) is 1. The number of amides is 2. The zero-order valence-corrected chi connectivity index (χ0v) is 21.0. The SMILES string of the molecule is CC(C)=C1C(N2CCC3(CCNC3=O)C2)=NC=CN1/N=C(\C)Nc1ccc2c(c1)NC(=O)C2(C)C. The van der Waals surface area contributed by atoms with Gasteiger partial charge in [0.25, 0.3) is 0 Å². The zero-order chi connectivity index (χ0) is 25.0. The summed E-state index contributed by atoms with van der Waals surface area (Å²) in [5.41, 5.74) is 3.85. The highest BCUT2D eigenvalue weighted by Crippen LogP contribution is 2.40. The van der Waals surface area contributed by atoms with Gasteiger partial charge in [0.05, 0.1) is 10.8 Å². The molecule has 5 rings (SSSR count). The third kappa shape index (κ3) is 3.88. The van der Waals surface area contributed by atoms with Crippen LogP contribution in [-0.2, 0) is 15.0 Å². The van der Waals surface area contributed by atoms with Crippen molar-refractivity contribution in [3.05, 3.63) is 47.4 Å². The molecule has 1 spiro atoms. The number of hydrogen-bond acceptors (Lipinski definition) is 6. The number of fused-ring (bicyclic) bond motifs is 1. The van der Waals surface area contributed by atoms with Crippen molar-refractivity contribution in [3.8, 4) is 0 Å². The highest BCUT2D eigenvalue weighted by molar-refractivity contribution is 6.07. The maximum absolute atomic E-state index is 12.5. The van der Waals surface area contributed by atoms with Crippen molar-refractivity contribution < 1.29 is 9.59 Å². The van der Waals surface area contributed by atoms with Crippen LogP contribution in [0.4, 0.5) is 11.4 Å². The lowest BCUT2D eigenvalue weighted by Crippen LogP contribution is -2.40. The molecule has 3 N–H and O–H groups in total. The second-order valence-electron chi connectivity index (χ2n) is 10.6. The molecule has 9 nitrogen and oxygen atoms in total. The molecule has 4 heterocycles. The third-order valence-corrected chi connectivity index (χ3v) is 7.44. The molecule has 184 valence electrons. The fourth-order valence-electron chi connectivity index (χ4n) is 5.40. The Bertz CT molecular complexity index is 1220. The fraction of sp³-hybridized carbons (Fsp3) is 0.462. The third-order valence-electron chi connectivity index (χ3n) is 7.44. The summed E-state index contributed by atoms with van der Waals surface area (Å²) in [6, 6.07) is 5.90. The first-order valence-electron chi connectivity index (χ1n) is 12.1. The van der Waals surface area contributed by atoms with Gasteiger partial charge in [0, 0.05) is 43.4 Å². The van der Waals surface area contributed by atoms with Crippen LogP contribution in [0.25, 0.3) is 0 Å². The Balaban J connectivity index is 1.34. The smallest absolute Gasteiger partial charge is 0.234 e. The van der Waals surface area contributed by atoms with Crippen LogP contribution >= 0.6 is 0 Å². The van der Waals surface area contributed by atoms with Crippen molar-refractivity contribution in [2.45, 2.75) is 52.9 Å². The summed E-state index contributed by atoms with van der Waals surface area (Å²) in [5, 5.41) is 16.0. The first kappa shape index (κ1) is 23.1. The van der Waals surface area contributed by atoms with Gasteiger partial charge >= 0.3 is 0 Å². The molecular formula is C26H33N7O2. The molecule has 2 amide bonds. The molecule has 1 unspecified atom stereocenters. The van der Waals surface area contributed by atoms with Crippen LogP contribution in [0.15, 0.2) is 52.0 Å². The average Bonchev–Trinajstić information content (AvgIpc) is 3.45. The van der Waals surface area contributed by atoms with Crippen LogP contribution < -0.4 is 16.0 Å². The maximum Gasteiger partial charge on any atom is 0.234 e. The number of allylic oxidation sites excluding steroid dienone is 1. The number of hydrazone groups is 1. The fourth-order valence-corrected chi connectivity index (χ4v) is 5.40. The van der Waals surface area contributed by atoms with Crippen molar-refractivity contribution in [1.29, 1.82) is 0 Å². The molecule has 1 aromatic rings. The molecule has 1 aromatic carbocycles. The molecule has 0 bridgehead atoms. The quantitative estimate of drug-likeness (QED) is 0.450. The number of carbonyl (C=O) groups is 2. The van der Waals surface area contributed by atoms with E-state index in [-0.39, 0.29) is 17.2 Å².